The number of ether oxygens (including phenoxy) is 1. The molecule has 2 aliphatic heterocycles. The second-order valence-electron chi connectivity index (χ2n) is 8.10. The predicted molar refractivity (Wildman–Crippen MR) is 120 cm³/mol. The first-order valence-corrected chi connectivity index (χ1v) is 11.2. The molecule has 2 amide bonds. The largest absolute Gasteiger partial charge is 0.465 e. The van der Waals surface area contributed by atoms with Gasteiger partial charge in [0.2, 0.25) is 11.8 Å². The summed E-state index contributed by atoms with van der Waals surface area (Å²) in [5.41, 5.74) is 1.94. The average Bonchev–Trinajstić information content (AvgIpc) is 3.49. The van der Waals surface area contributed by atoms with Crippen molar-refractivity contribution in [1.82, 2.24) is 15.2 Å². The Balaban J connectivity index is 1.27. The van der Waals surface area contributed by atoms with Crippen LogP contribution in [0.4, 0.5) is 0 Å². The van der Waals surface area contributed by atoms with E-state index in [0.717, 1.165) is 42.3 Å². The number of furan rings is 1. The highest BCUT2D eigenvalue weighted by atomic mass is 16.5. The molecule has 0 spiro atoms. The molecule has 170 valence electrons. The number of hydrazone groups is 1. The van der Waals surface area contributed by atoms with Crippen LogP contribution < -0.4 is 5.32 Å². The van der Waals surface area contributed by atoms with E-state index < -0.39 is 0 Å². The highest BCUT2D eigenvalue weighted by Crippen LogP contribution is 2.23. The Morgan fingerprint density at radius 1 is 1.06 bits per heavy atom. The summed E-state index contributed by atoms with van der Waals surface area (Å²) in [6, 6.07) is 13.7. The van der Waals surface area contributed by atoms with Crippen LogP contribution in [0.5, 0.6) is 0 Å². The maximum Gasteiger partial charge on any atom is 0.243 e. The minimum atomic E-state index is -0.147. The number of carbonyl (C=O) groups is 2. The number of hydrogen-bond acceptors (Lipinski definition) is 6. The van der Waals surface area contributed by atoms with Crippen LogP contribution in [-0.2, 0) is 14.3 Å². The van der Waals surface area contributed by atoms with E-state index in [0.29, 0.717) is 26.3 Å². The van der Waals surface area contributed by atoms with E-state index in [1.807, 2.05) is 49.4 Å². The molecule has 1 aromatic carbocycles. The maximum absolute atomic E-state index is 12.5. The van der Waals surface area contributed by atoms with Crippen molar-refractivity contribution in [1.29, 1.82) is 0 Å². The predicted octanol–water partition coefficient (Wildman–Crippen LogP) is 2.49. The van der Waals surface area contributed by atoms with Crippen LogP contribution in [0.3, 0.4) is 0 Å². The highest BCUT2D eigenvalue weighted by Gasteiger charge is 2.26. The molecule has 2 aliphatic rings. The van der Waals surface area contributed by atoms with E-state index in [1.165, 1.54) is 5.01 Å². The number of rotatable bonds is 8. The number of nitrogens with one attached hydrogen (secondary N) is 1. The fraction of sp³-hybridized carbons (Fsp3) is 0.458. The van der Waals surface area contributed by atoms with Crippen LogP contribution in [0.1, 0.15) is 42.4 Å². The fourth-order valence-electron chi connectivity index (χ4n) is 4.05. The quantitative estimate of drug-likeness (QED) is 0.684. The van der Waals surface area contributed by atoms with Crippen molar-refractivity contribution in [3.05, 3.63) is 59.5 Å². The lowest BCUT2D eigenvalue weighted by atomic mass is 10.1. The smallest absolute Gasteiger partial charge is 0.243 e. The number of nitrogens with zero attached hydrogens (tertiary/aromatic N) is 3. The molecule has 32 heavy (non-hydrogen) atoms. The summed E-state index contributed by atoms with van der Waals surface area (Å²) in [4.78, 5) is 27.3. The van der Waals surface area contributed by atoms with E-state index in [2.05, 4.69) is 15.3 Å². The molecular weight excluding hydrogens is 408 g/mol. The average molecular weight is 439 g/mol. The van der Waals surface area contributed by atoms with Gasteiger partial charge in [-0.15, -0.1) is 0 Å². The second kappa shape index (κ2) is 10.6. The molecule has 8 heteroatoms. The molecule has 1 saturated heterocycles. The Morgan fingerprint density at radius 3 is 2.56 bits per heavy atom. The molecule has 4 rings (SSSR count). The fourth-order valence-corrected chi connectivity index (χ4v) is 4.05. The molecule has 1 aromatic heterocycles. The van der Waals surface area contributed by atoms with Crippen molar-refractivity contribution < 1.29 is 18.7 Å². The van der Waals surface area contributed by atoms with Crippen molar-refractivity contribution in [2.75, 3.05) is 39.4 Å². The van der Waals surface area contributed by atoms with E-state index in [1.54, 1.807) is 0 Å². The Hall–Kier alpha value is -2.97. The molecule has 1 fully saturated rings. The number of amides is 2. The number of aryl methyl sites for hydroxylation is 1. The molecule has 8 nitrogen and oxygen atoms in total. The Kier molecular flexibility index (Phi) is 7.34. The van der Waals surface area contributed by atoms with Gasteiger partial charge >= 0.3 is 0 Å². The van der Waals surface area contributed by atoms with Gasteiger partial charge in [-0.1, -0.05) is 30.3 Å². The lowest BCUT2D eigenvalue weighted by Crippen LogP contribution is -2.43. The summed E-state index contributed by atoms with van der Waals surface area (Å²) >= 11 is 0. The number of morpholine rings is 1. The molecule has 0 aliphatic carbocycles. The first-order valence-electron chi connectivity index (χ1n) is 11.2. The van der Waals surface area contributed by atoms with Crippen LogP contribution in [0.15, 0.2) is 52.0 Å². The monoisotopic (exact) mass is 438 g/mol. The van der Waals surface area contributed by atoms with Gasteiger partial charge in [-0.2, -0.15) is 5.10 Å². The first-order chi connectivity index (χ1) is 15.6. The zero-order valence-electron chi connectivity index (χ0n) is 18.5. The number of hydrogen-bond donors (Lipinski definition) is 1. The third kappa shape index (κ3) is 5.63. The van der Waals surface area contributed by atoms with Gasteiger partial charge < -0.3 is 14.5 Å². The van der Waals surface area contributed by atoms with Gasteiger partial charge in [0, 0.05) is 38.9 Å². The van der Waals surface area contributed by atoms with Gasteiger partial charge in [-0.3, -0.25) is 14.5 Å². The second-order valence-corrected chi connectivity index (χ2v) is 8.10. The standard InChI is InChI=1S/C24H30N4O4/c1-18-7-8-22(32-18)21(27-13-15-31-16-14-27)17-25-23(29)9-10-24(30)28-12-11-20(26-28)19-5-3-2-4-6-19/h2-8,21H,9-17H2,1H3,(H,25,29). The summed E-state index contributed by atoms with van der Waals surface area (Å²) in [7, 11) is 0. The molecule has 1 N–H and O–H groups in total. The lowest BCUT2D eigenvalue weighted by molar-refractivity contribution is -0.133. The van der Waals surface area contributed by atoms with Gasteiger partial charge in [0.05, 0.1) is 31.5 Å². The minimum Gasteiger partial charge on any atom is -0.465 e. The maximum atomic E-state index is 12.5. The van der Waals surface area contributed by atoms with Crippen molar-refractivity contribution in [3.63, 3.8) is 0 Å². The van der Waals surface area contributed by atoms with E-state index >= 15 is 0 Å². The van der Waals surface area contributed by atoms with Crippen LogP contribution in [0, 0.1) is 6.92 Å². The van der Waals surface area contributed by atoms with E-state index in [4.69, 9.17) is 9.15 Å². The third-order valence-corrected chi connectivity index (χ3v) is 5.83. The summed E-state index contributed by atoms with van der Waals surface area (Å²) in [5, 5.41) is 8.92. The SMILES string of the molecule is Cc1ccc(C(CNC(=O)CCC(=O)N2CCC(c3ccccc3)=N2)N2CCOCC2)o1. The van der Waals surface area contributed by atoms with Crippen LogP contribution >= 0.6 is 0 Å². The topological polar surface area (TPSA) is 87.4 Å². The summed E-state index contributed by atoms with van der Waals surface area (Å²) in [5.74, 6) is 1.40. The van der Waals surface area contributed by atoms with Crippen molar-refractivity contribution >= 4 is 17.5 Å². The van der Waals surface area contributed by atoms with Crippen molar-refractivity contribution in [3.8, 4) is 0 Å². The molecule has 1 atom stereocenters. The summed E-state index contributed by atoms with van der Waals surface area (Å²) in [6.07, 6.45) is 1.00. The van der Waals surface area contributed by atoms with Gasteiger partial charge in [0.25, 0.3) is 0 Å². The van der Waals surface area contributed by atoms with Gasteiger partial charge in [-0.25, -0.2) is 5.01 Å². The van der Waals surface area contributed by atoms with Crippen LogP contribution in [0.2, 0.25) is 0 Å². The normalized spacial score (nSPS) is 17.8. The van der Waals surface area contributed by atoms with Crippen molar-refractivity contribution in [2.24, 2.45) is 5.10 Å². The Bertz CT molecular complexity index is 950. The molecule has 2 aromatic rings. The van der Waals surface area contributed by atoms with E-state index in [-0.39, 0.29) is 30.7 Å². The van der Waals surface area contributed by atoms with E-state index in [9.17, 15) is 9.59 Å². The Morgan fingerprint density at radius 2 is 1.84 bits per heavy atom. The Labute approximate surface area is 188 Å². The first kappa shape index (κ1) is 22.2. The molecule has 3 heterocycles. The minimum absolute atomic E-state index is 0.0520. The lowest BCUT2D eigenvalue weighted by Gasteiger charge is -2.33. The zero-order chi connectivity index (χ0) is 22.3. The van der Waals surface area contributed by atoms with Crippen LogP contribution in [-0.4, -0.2) is 66.8 Å². The molecule has 0 radical (unpaired) electrons. The number of benzene rings is 1. The van der Waals surface area contributed by atoms with Crippen molar-refractivity contribution in [2.45, 2.75) is 32.2 Å². The number of carbonyl (C=O) groups excluding carboxylic acids is 2. The molecule has 0 bridgehead atoms. The molecule has 0 saturated carbocycles. The third-order valence-electron chi connectivity index (χ3n) is 5.83. The molecule has 1 unspecified atom stereocenters. The van der Waals surface area contributed by atoms with Gasteiger partial charge in [0.1, 0.15) is 11.5 Å². The van der Waals surface area contributed by atoms with Crippen LogP contribution in [0.25, 0.3) is 0 Å². The molecular formula is C24H30N4O4. The highest BCUT2D eigenvalue weighted by molar-refractivity contribution is 6.02. The summed E-state index contributed by atoms with van der Waals surface area (Å²) in [6.45, 7) is 5.81. The summed E-state index contributed by atoms with van der Waals surface area (Å²) < 4.78 is 11.3. The van der Waals surface area contributed by atoms with Gasteiger partial charge in [-0.05, 0) is 24.6 Å². The zero-order valence-corrected chi connectivity index (χ0v) is 18.5. The van der Waals surface area contributed by atoms with Gasteiger partial charge in [0.15, 0.2) is 0 Å².